The molecule has 2 heterocycles. The molecule has 1 aliphatic rings. The van der Waals surface area contributed by atoms with Gasteiger partial charge in [-0.3, -0.25) is 14.5 Å². The predicted octanol–water partition coefficient (Wildman–Crippen LogP) is 3.54. The number of benzene rings is 2. The van der Waals surface area contributed by atoms with Gasteiger partial charge in [-0.25, -0.2) is 4.68 Å². The van der Waals surface area contributed by atoms with Gasteiger partial charge in [0.1, 0.15) is 0 Å². The number of anilines is 1. The average Bonchev–Trinajstić information content (AvgIpc) is 3.27. The number of aryl methyl sites for hydroxylation is 1. The molecule has 1 N–H and O–H groups in total. The predicted molar refractivity (Wildman–Crippen MR) is 125 cm³/mol. The average molecular weight is 452 g/mol. The Morgan fingerprint density at radius 2 is 1.78 bits per heavy atom. The van der Waals surface area contributed by atoms with Crippen LogP contribution in [0.25, 0.3) is 5.69 Å². The van der Waals surface area contributed by atoms with E-state index in [0.29, 0.717) is 43.3 Å². The number of piperazine rings is 1. The number of carbonyl (C=O) groups excluding carboxylic acids is 2. The fourth-order valence-electron chi connectivity index (χ4n) is 3.77. The van der Waals surface area contributed by atoms with E-state index in [4.69, 9.17) is 11.6 Å². The number of nitrogens with one attached hydrogen (secondary N) is 1. The Kier molecular flexibility index (Phi) is 6.58. The molecule has 1 saturated heterocycles. The zero-order valence-electron chi connectivity index (χ0n) is 18.2. The maximum absolute atomic E-state index is 12.9. The van der Waals surface area contributed by atoms with Crippen LogP contribution in [0.3, 0.4) is 0 Å². The maximum atomic E-state index is 12.9. The van der Waals surface area contributed by atoms with E-state index in [9.17, 15) is 9.59 Å². The van der Waals surface area contributed by atoms with Crippen molar-refractivity contribution in [2.24, 2.45) is 0 Å². The molecule has 1 aliphatic heterocycles. The molecule has 0 saturated carbocycles. The lowest BCUT2D eigenvalue weighted by Crippen LogP contribution is -2.50. The lowest BCUT2D eigenvalue weighted by molar-refractivity contribution is -0.117. The Morgan fingerprint density at radius 1 is 1.03 bits per heavy atom. The lowest BCUT2D eigenvalue weighted by Gasteiger charge is -2.34. The molecule has 2 amide bonds. The third kappa shape index (κ3) is 4.84. The van der Waals surface area contributed by atoms with E-state index in [1.54, 1.807) is 28.0 Å². The monoisotopic (exact) mass is 451 g/mol. The van der Waals surface area contributed by atoms with Crippen LogP contribution in [0.15, 0.2) is 54.9 Å². The Labute approximate surface area is 192 Å². The number of halogens is 1. The fraction of sp³-hybridized carbons (Fsp3) is 0.292. The van der Waals surface area contributed by atoms with Crippen LogP contribution in [0.1, 0.15) is 21.5 Å². The Hall–Kier alpha value is -3.16. The van der Waals surface area contributed by atoms with E-state index in [1.165, 1.54) is 0 Å². The minimum Gasteiger partial charge on any atom is -0.336 e. The van der Waals surface area contributed by atoms with E-state index < -0.39 is 0 Å². The van der Waals surface area contributed by atoms with Crippen LogP contribution in [0.2, 0.25) is 5.02 Å². The number of aromatic nitrogens is 2. The molecule has 0 bridgehead atoms. The smallest absolute Gasteiger partial charge is 0.257 e. The number of para-hydroxylation sites is 1. The fourth-order valence-corrected chi connectivity index (χ4v) is 4.00. The summed E-state index contributed by atoms with van der Waals surface area (Å²) in [6.07, 6.45) is 3.27. The highest BCUT2D eigenvalue weighted by molar-refractivity contribution is 6.32. The summed E-state index contributed by atoms with van der Waals surface area (Å²) in [6.45, 7) is 6.75. The molecule has 0 atom stereocenters. The van der Waals surface area contributed by atoms with Gasteiger partial charge in [-0.1, -0.05) is 35.9 Å². The molecular formula is C24H26ClN5O2. The van der Waals surface area contributed by atoms with Crippen molar-refractivity contribution < 1.29 is 9.59 Å². The molecular weight excluding hydrogens is 426 g/mol. The second-order valence-corrected chi connectivity index (χ2v) is 8.40. The van der Waals surface area contributed by atoms with E-state index in [1.807, 2.05) is 50.2 Å². The van der Waals surface area contributed by atoms with Gasteiger partial charge < -0.3 is 10.2 Å². The van der Waals surface area contributed by atoms with Crippen molar-refractivity contribution >= 4 is 29.1 Å². The number of hydrogen-bond acceptors (Lipinski definition) is 4. The van der Waals surface area contributed by atoms with E-state index >= 15 is 0 Å². The third-order valence-electron chi connectivity index (χ3n) is 5.83. The number of hydrogen-bond donors (Lipinski definition) is 1. The maximum Gasteiger partial charge on any atom is 0.257 e. The SMILES string of the molecule is Cc1cccc(NC(=O)CN2CCN(C(=O)c3cnn(-c4ccccc4Cl)c3)CC2)c1C. The van der Waals surface area contributed by atoms with Crippen molar-refractivity contribution in [3.05, 3.63) is 76.6 Å². The first-order valence-electron chi connectivity index (χ1n) is 10.6. The quantitative estimate of drug-likeness (QED) is 0.644. The Morgan fingerprint density at radius 3 is 2.53 bits per heavy atom. The summed E-state index contributed by atoms with van der Waals surface area (Å²) in [5, 5.41) is 7.86. The zero-order valence-corrected chi connectivity index (χ0v) is 19.0. The number of rotatable bonds is 5. The minimum atomic E-state index is -0.0669. The van der Waals surface area contributed by atoms with Gasteiger partial charge in [-0.05, 0) is 43.2 Å². The van der Waals surface area contributed by atoms with Gasteiger partial charge in [0.05, 0.1) is 29.0 Å². The highest BCUT2D eigenvalue weighted by Gasteiger charge is 2.24. The Balaban J connectivity index is 1.31. The molecule has 7 nitrogen and oxygen atoms in total. The number of nitrogens with zero attached hydrogens (tertiary/aromatic N) is 4. The molecule has 0 spiro atoms. The normalized spacial score (nSPS) is 14.4. The van der Waals surface area contributed by atoms with Crippen molar-refractivity contribution in [3.63, 3.8) is 0 Å². The van der Waals surface area contributed by atoms with E-state index in [2.05, 4.69) is 15.3 Å². The summed E-state index contributed by atoms with van der Waals surface area (Å²) < 4.78 is 1.61. The molecule has 3 aromatic rings. The first-order chi connectivity index (χ1) is 15.4. The van der Waals surface area contributed by atoms with Crippen LogP contribution in [-0.2, 0) is 4.79 Å². The van der Waals surface area contributed by atoms with Crippen molar-refractivity contribution in [1.82, 2.24) is 19.6 Å². The highest BCUT2D eigenvalue weighted by Crippen LogP contribution is 2.20. The molecule has 0 aliphatic carbocycles. The van der Waals surface area contributed by atoms with E-state index in [-0.39, 0.29) is 11.8 Å². The molecule has 1 fully saturated rings. The van der Waals surface area contributed by atoms with Crippen LogP contribution >= 0.6 is 11.6 Å². The van der Waals surface area contributed by atoms with Gasteiger partial charge in [-0.2, -0.15) is 5.10 Å². The third-order valence-corrected chi connectivity index (χ3v) is 6.15. The van der Waals surface area contributed by atoms with Gasteiger partial charge in [0.2, 0.25) is 5.91 Å². The van der Waals surface area contributed by atoms with Crippen LogP contribution < -0.4 is 5.32 Å². The molecule has 32 heavy (non-hydrogen) atoms. The van der Waals surface area contributed by atoms with Crippen molar-refractivity contribution in [3.8, 4) is 5.69 Å². The van der Waals surface area contributed by atoms with Crippen LogP contribution in [0.5, 0.6) is 0 Å². The molecule has 1 aromatic heterocycles. The topological polar surface area (TPSA) is 70.5 Å². The summed E-state index contributed by atoms with van der Waals surface area (Å²) in [5.74, 6) is -0.109. The van der Waals surface area contributed by atoms with Crippen molar-refractivity contribution in [2.75, 3.05) is 38.0 Å². The number of amides is 2. The molecule has 0 radical (unpaired) electrons. The zero-order chi connectivity index (χ0) is 22.7. The first-order valence-corrected chi connectivity index (χ1v) is 11.0. The second-order valence-electron chi connectivity index (χ2n) is 7.99. The second kappa shape index (κ2) is 9.54. The number of carbonyl (C=O) groups is 2. The van der Waals surface area contributed by atoms with Gasteiger partial charge in [0.15, 0.2) is 0 Å². The highest BCUT2D eigenvalue weighted by atomic mass is 35.5. The molecule has 0 unspecified atom stereocenters. The standard InChI is InChI=1S/C24H26ClN5O2/c1-17-6-5-8-21(18(17)2)27-23(31)16-28-10-12-29(13-11-28)24(32)19-14-26-30(15-19)22-9-4-3-7-20(22)25/h3-9,14-15H,10-13,16H2,1-2H3,(H,27,31). The summed E-state index contributed by atoms with van der Waals surface area (Å²) in [4.78, 5) is 29.3. The lowest BCUT2D eigenvalue weighted by atomic mass is 10.1. The molecule has 8 heteroatoms. The largest absolute Gasteiger partial charge is 0.336 e. The molecule has 2 aromatic carbocycles. The Bertz CT molecular complexity index is 1130. The summed E-state index contributed by atoms with van der Waals surface area (Å²) >= 11 is 6.23. The van der Waals surface area contributed by atoms with E-state index in [0.717, 1.165) is 22.5 Å². The molecule has 166 valence electrons. The van der Waals surface area contributed by atoms with Crippen molar-refractivity contribution in [2.45, 2.75) is 13.8 Å². The molecule has 4 rings (SSSR count). The van der Waals surface area contributed by atoms with Gasteiger partial charge >= 0.3 is 0 Å². The van der Waals surface area contributed by atoms with Gasteiger partial charge in [0.25, 0.3) is 5.91 Å². The minimum absolute atomic E-state index is 0.0421. The summed E-state index contributed by atoms with van der Waals surface area (Å²) in [5.41, 5.74) is 4.32. The van der Waals surface area contributed by atoms with Crippen molar-refractivity contribution in [1.29, 1.82) is 0 Å². The van der Waals surface area contributed by atoms with Crippen LogP contribution in [0, 0.1) is 13.8 Å². The van der Waals surface area contributed by atoms with Crippen LogP contribution in [0.4, 0.5) is 5.69 Å². The summed E-state index contributed by atoms with van der Waals surface area (Å²) in [6, 6.07) is 13.2. The van der Waals surface area contributed by atoms with Crippen LogP contribution in [-0.4, -0.2) is 64.1 Å². The van der Waals surface area contributed by atoms with Gasteiger partial charge in [-0.15, -0.1) is 0 Å². The first kappa shape index (κ1) is 22.0. The summed E-state index contributed by atoms with van der Waals surface area (Å²) in [7, 11) is 0. The van der Waals surface area contributed by atoms with Gasteiger partial charge in [0, 0.05) is 38.1 Å².